The van der Waals surface area contributed by atoms with Crippen LogP contribution in [0.15, 0.2) is 111 Å². The van der Waals surface area contributed by atoms with Gasteiger partial charge in [0.15, 0.2) is 0 Å². The fraction of sp³-hybridized carbons (Fsp3) is 0.114. The molecule has 2 aromatic heterocycles. The molecule has 1 aliphatic heterocycles. The highest BCUT2D eigenvalue weighted by atomic mass is 16.6. The van der Waals surface area contributed by atoms with E-state index in [2.05, 4.69) is 5.32 Å². The highest BCUT2D eigenvalue weighted by molar-refractivity contribution is 6.09. The van der Waals surface area contributed by atoms with Crippen LogP contribution in [-0.4, -0.2) is 25.5 Å². The SMILES string of the molecule is Cc1ccc(C)c2c(O)c(C3=Nc4ccccc4NC(c4cn(-c5ccccc5)nc4-c4cccc([N+](=O)[O-])c4)C3)c(=O)oc12. The number of rotatable bonds is 5. The number of hydrogen-bond acceptors (Lipinski definition) is 8. The van der Waals surface area contributed by atoms with E-state index in [1.807, 2.05) is 86.8 Å². The van der Waals surface area contributed by atoms with Crippen molar-refractivity contribution in [1.82, 2.24) is 9.78 Å². The van der Waals surface area contributed by atoms with E-state index in [4.69, 9.17) is 14.5 Å². The molecule has 10 heteroatoms. The number of aromatic nitrogens is 2. The van der Waals surface area contributed by atoms with Gasteiger partial charge in [0.2, 0.25) is 0 Å². The molecule has 0 spiro atoms. The third-order valence-electron chi connectivity index (χ3n) is 8.08. The first-order chi connectivity index (χ1) is 21.8. The highest BCUT2D eigenvalue weighted by Gasteiger charge is 2.30. The Balaban J connectivity index is 1.44. The van der Waals surface area contributed by atoms with Gasteiger partial charge >= 0.3 is 5.63 Å². The third-order valence-corrected chi connectivity index (χ3v) is 8.08. The molecule has 10 nitrogen and oxygen atoms in total. The van der Waals surface area contributed by atoms with Gasteiger partial charge < -0.3 is 14.8 Å². The van der Waals surface area contributed by atoms with Gasteiger partial charge in [-0.2, -0.15) is 5.10 Å². The zero-order valence-electron chi connectivity index (χ0n) is 24.4. The molecule has 0 saturated heterocycles. The van der Waals surface area contributed by atoms with Gasteiger partial charge in [-0.05, 0) is 49.2 Å². The zero-order valence-corrected chi connectivity index (χ0v) is 24.4. The highest BCUT2D eigenvalue weighted by Crippen LogP contribution is 2.41. The van der Waals surface area contributed by atoms with Crippen molar-refractivity contribution >= 4 is 33.7 Å². The molecule has 1 aliphatic rings. The maximum absolute atomic E-state index is 13.6. The van der Waals surface area contributed by atoms with Crippen molar-refractivity contribution in [3.63, 3.8) is 0 Å². The fourth-order valence-corrected chi connectivity index (χ4v) is 5.84. The van der Waals surface area contributed by atoms with Gasteiger partial charge in [-0.3, -0.25) is 15.1 Å². The summed E-state index contributed by atoms with van der Waals surface area (Å²) in [6.45, 7) is 3.67. The molecule has 0 saturated carbocycles. The Labute approximate surface area is 257 Å². The van der Waals surface area contributed by atoms with Gasteiger partial charge in [0.25, 0.3) is 5.69 Å². The number of aromatic hydroxyl groups is 1. The molecular formula is C35H27N5O5. The van der Waals surface area contributed by atoms with E-state index in [0.29, 0.717) is 39.3 Å². The van der Waals surface area contributed by atoms with Crippen LogP contribution in [0.2, 0.25) is 0 Å². The molecular weight excluding hydrogens is 570 g/mol. The minimum Gasteiger partial charge on any atom is -0.506 e. The molecule has 0 radical (unpaired) electrons. The summed E-state index contributed by atoms with van der Waals surface area (Å²) in [5, 5.41) is 32.2. The quantitative estimate of drug-likeness (QED) is 0.119. The Morgan fingerprint density at radius 3 is 2.53 bits per heavy atom. The number of nitrogens with one attached hydrogen (secondary N) is 1. The number of non-ortho nitro benzene ring substituents is 1. The maximum atomic E-state index is 13.6. The summed E-state index contributed by atoms with van der Waals surface area (Å²) in [7, 11) is 0. The van der Waals surface area contributed by atoms with Crippen LogP contribution in [0.25, 0.3) is 27.9 Å². The van der Waals surface area contributed by atoms with E-state index in [0.717, 1.165) is 22.4 Å². The molecule has 0 fully saturated rings. The summed E-state index contributed by atoms with van der Waals surface area (Å²) >= 11 is 0. The van der Waals surface area contributed by atoms with E-state index >= 15 is 0 Å². The number of fused-ring (bicyclic) bond motifs is 2. The average molecular weight is 598 g/mol. The molecule has 0 aliphatic carbocycles. The predicted octanol–water partition coefficient (Wildman–Crippen LogP) is 7.55. The number of nitrogens with zero attached hydrogens (tertiary/aromatic N) is 4. The van der Waals surface area contributed by atoms with Gasteiger partial charge in [0, 0.05) is 35.9 Å². The largest absolute Gasteiger partial charge is 0.506 e. The summed E-state index contributed by atoms with van der Waals surface area (Å²) in [5.41, 5.74) is 5.33. The first-order valence-electron chi connectivity index (χ1n) is 14.4. The molecule has 1 unspecified atom stereocenters. The Hall–Kier alpha value is -6.03. The minimum atomic E-state index is -0.690. The number of aryl methyl sites for hydroxylation is 2. The molecule has 7 rings (SSSR count). The van der Waals surface area contributed by atoms with Crippen molar-refractivity contribution in [2.75, 3.05) is 5.32 Å². The topological polar surface area (TPSA) is 136 Å². The molecule has 6 aromatic rings. The Morgan fingerprint density at radius 1 is 0.978 bits per heavy atom. The van der Waals surface area contributed by atoms with Gasteiger partial charge in [-0.25, -0.2) is 9.48 Å². The van der Waals surface area contributed by atoms with Crippen molar-refractivity contribution in [2.45, 2.75) is 26.3 Å². The third kappa shape index (κ3) is 4.92. The van der Waals surface area contributed by atoms with Crippen LogP contribution in [0, 0.1) is 24.0 Å². The summed E-state index contributed by atoms with van der Waals surface area (Å²) in [6, 6.07) is 26.5. The lowest BCUT2D eigenvalue weighted by Gasteiger charge is -2.19. The number of nitro groups is 1. The van der Waals surface area contributed by atoms with E-state index < -0.39 is 16.6 Å². The van der Waals surface area contributed by atoms with E-state index in [9.17, 15) is 20.0 Å². The van der Waals surface area contributed by atoms with Crippen LogP contribution in [0.1, 0.15) is 34.7 Å². The predicted molar refractivity (Wildman–Crippen MR) is 173 cm³/mol. The molecule has 3 heterocycles. The summed E-state index contributed by atoms with van der Waals surface area (Å²) < 4.78 is 7.53. The number of nitro benzene ring substituents is 1. The van der Waals surface area contributed by atoms with Gasteiger partial charge in [0.05, 0.1) is 44.8 Å². The van der Waals surface area contributed by atoms with Crippen LogP contribution in [0.3, 0.4) is 0 Å². The van der Waals surface area contributed by atoms with Gasteiger partial charge in [0.1, 0.15) is 16.9 Å². The van der Waals surface area contributed by atoms with Crippen molar-refractivity contribution in [2.24, 2.45) is 4.99 Å². The average Bonchev–Trinajstić information content (AvgIpc) is 3.40. The Morgan fingerprint density at radius 2 is 1.73 bits per heavy atom. The second-order valence-electron chi connectivity index (χ2n) is 11.0. The molecule has 0 bridgehead atoms. The van der Waals surface area contributed by atoms with Crippen molar-refractivity contribution in [3.8, 4) is 22.7 Å². The second kappa shape index (κ2) is 10.9. The zero-order chi connectivity index (χ0) is 31.2. The molecule has 222 valence electrons. The minimum absolute atomic E-state index is 0.00736. The molecule has 2 N–H and O–H groups in total. The molecule has 0 amide bonds. The number of para-hydroxylation sites is 3. The first kappa shape index (κ1) is 27.8. The van der Waals surface area contributed by atoms with Crippen LogP contribution in [-0.2, 0) is 0 Å². The fourth-order valence-electron chi connectivity index (χ4n) is 5.84. The van der Waals surface area contributed by atoms with Gasteiger partial charge in [-0.1, -0.05) is 54.6 Å². The standard InChI is InChI=1S/C35H27N5O5/c1-20-15-16-21(2)34-30(20)33(41)31(35(42)45-34)29-18-28(36-26-13-6-7-14-27(26)37-29)25-19-39(23-10-4-3-5-11-23)38-32(25)22-9-8-12-24(17-22)40(43)44/h3-17,19,28,36,41H,18H2,1-2H3. The van der Waals surface area contributed by atoms with Crippen LogP contribution >= 0.6 is 0 Å². The van der Waals surface area contributed by atoms with Crippen LogP contribution in [0.5, 0.6) is 5.75 Å². The Bertz CT molecular complexity index is 2220. The lowest BCUT2D eigenvalue weighted by Crippen LogP contribution is -2.20. The van der Waals surface area contributed by atoms with Crippen molar-refractivity contribution in [3.05, 3.63) is 140 Å². The number of hydrogen-bond donors (Lipinski definition) is 2. The summed E-state index contributed by atoms with van der Waals surface area (Å²) in [5.74, 6) is -0.182. The normalized spacial score (nSPS) is 14.4. The lowest BCUT2D eigenvalue weighted by molar-refractivity contribution is -0.384. The van der Waals surface area contributed by atoms with E-state index in [-0.39, 0.29) is 23.4 Å². The van der Waals surface area contributed by atoms with Crippen molar-refractivity contribution in [1.29, 1.82) is 0 Å². The number of anilines is 1. The summed E-state index contributed by atoms with van der Waals surface area (Å²) in [6.07, 6.45) is 2.05. The number of benzene rings is 4. The van der Waals surface area contributed by atoms with E-state index in [1.54, 1.807) is 16.8 Å². The van der Waals surface area contributed by atoms with Crippen molar-refractivity contribution < 1.29 is 14.4 Å². The van der Waals surface area contributed by atoms with Gasteiger partial charge in [-0.15, -0.1) is 0 Å². The lowest BCUT2D eigenvalue weighted by atomic mass is 9.94. The Kier molecular flexibility index (Phi) is 6.74. The summed E-state index contributed by atoms with van der Waals surface area (Å²) in [4.78, 5) is 29.7. The smallest absolute Gasteiger partial charge is 0.349 e. The van der Waals surface area contributed by atoms with Crippen LogP contribution in [0.4, 0.5) is 17.1 Å². The molecule has 1 atom stereocenters. The molecule has 4 aromatic carbocycles. The first-order valence-corrected chi connectivity index (χ1v) is 14.4. The number of aliphatic imine (C=N–C) groups is 1. The monoisotopic (exact) mass is 597 g/mol. The molecule has 45 heavy (non-hydrogen) atoms. The maximum Gasteiger partial charge on any atom is 0.349 e. The van der Waals surface area contributed by atoms with Crippen LogP contribution < -0.4 is 10.9 Å². The van der Waals surface area contributed by atoms with E-state index in [1.165, 1.54) is 12.1 Å². The second-order valence-corrected chi connectivity index (χ2v) is 11.0.